The summed E-state index contributed by atoms with van der Waals surface area (Å²) in [5, 5.41) is 3.13. The van der Waals surface area contributed by atoms with Crippen molar-refractivity contribution in [2.45, 2.75) is 44.6 Å². The van der Waals surface area contributed by atoms with Crippen molar-refractivity contribution in [3.63, 3.8) is 0 Å². The van der Waals surface area contributed by atoms with Gasteiger partial charge in [0.15, 0.2) is 0 Å². The molecule has 2 atom stereocenters. The molecule has 8 nitrogen and oxygen atoms in total. The van der Waals surface area contributed by atoms with Gasteiger partial charge >= 0.3 is 10.2 Å². The van der Waals surface area contributed by atoms with Crippen molar-refractivity contribution in [2.75, 3.05) is 23.9 Å². The van der Waals surface area contributed by atoms with Crippen LogP contribution in [0.1, 0.15) is 38.5 Å². The van der Waals surface area contributed by atoms with Gasteiger partial charge in [-0.25, -0.2) is 4.39 Å². The number of primary amides is 1. The number of hydrogen-bond acceptors (Lipinski definition) is 4. The maximum atomic E-state index is 13.2. The molecule has 1 aromatic rings. The lowest BCUT2D eigenvalue weighted by Gasteiger charge is -2.60. The normalized spacial score (nSPS) is 35.2. The molecular weight excluding hydrogens is 435 g/mol. The molecule has 10 heteroatoms. The summed E-state index contributed by atoms with van der Waals surface area (Å²) in [6.45, 7) is 0.188. The van der Waals surface area contributed by atoms with Gasteiger partial charge in [0, 0.05) is 25.6 Å². The Bertz CT molecular complexity index is 1010. The van der Waals surface area contributed by atoms with E-state index >= 15 is 0 Å². The van der Waals surface area contributed by atoms with Crippen LogP contribution in [-0.2, 0) is 19.8 Å². The summed E-state index contributed by atoms with van der Waals surface area (Å²) in [5.74, 6) is 0.234. The molecule has 5 aliphatic rings. The zero-order valence-corrected chi connectivity index (χ0v) is 18.7. The summed E-state index contributed by atoms with van der Waals surface area (Å²) in [6.07, 6.45) is 5.35. The Hall–Kier alpha value is -2.20. The van der Waals surface area contributed by atoms with E-state index < -0.39 is 16.0 Å². The molecule has 1 saturated heterocycles. The molecule has 174 valence electrons. The van der Waals surface area contributed by atoms with Crippen molar-refractivity contribution in [3.8, 4) is 0 Å². The third-order valence-corrected chi connectivity index (χ3v) is 9.78. The molecule has 32 heavy (non-hydrogen) atoms. The van der Waals surface area contributed by atoms with Gasteiger partial charge in [0.05, 0.1) is 12.2 Å². The van der Waals surface area contributed by atoms with E-state index in [1.165, 1.54) is 32.9 Å². The van der Waals surface area contributed by atoms with Crippen LogP contribution in [-0.4, -0.2) is 50.2 Å². The Labute approximate surface area is 187 Å². The molecule has 2 amide bonds. The van der Waals surface area contributed by atoms with Gasteiger partial charge in [-0.15, -0.1) is 0 Å². The lowest BCUT2D eigenvalue weighted by molar-refractivity contribution is -0.134. The fourth-order valence-electron chi connectivity index (χ4n) is 7.01. The Morgan fingerprint density at radius 1 is 1.09 bits per heavy atom. The van der Waals surface area contributed by atoms with Crippen LogP contribution >= 0.6 is 0 Å². The first-order valence-electron chi connectivity index (χ1n) is 11.3. The maximum absolute atomic E-state index is 13.2. The number of hydrogen-bond donors (Lipinski definition) is 2. The summed E-state index contributed by atoms with van der Waals surface area (Å²) in [4.78, 5) is 24.5. The highest BCUT2D eigenvalue weighted by atomic mass is 32.2. The molecule has 5 fully saturated rings. The van der Waals surface area contributed by atoms with Gasteiger partial charge in [0.25, 0.3) is 0 Å². The van der Waals surface area contributed by atoms with E-state index in [-0.39, 0.29) is 42.9 Å². The number of benzene rings is 1. The van der Waals surface area contributed by atoms with Crippen molar-refractivity contribution in [1.82, 2.24) is 9.62 Å². The highest BCUT2D eigenvalue weighted by Crippen LogP contribution is 2.61. The van der Waals surface area contributed by atoms with Crippen LogP contribution in [0.25, 0.3) is 0 Å². The summed E-state index contributed by atoms with van der Waals surface area (Å²) < 4.78 is 41.4. The molecule has 1 aliphatic heterocycles. The number of amides is 2. The van der Waals surface area contributed by atoms with Crippen molar-refractivity contribution < 1.29 is 22.4 Å². The minimum absolute atomic E-state index is 0.0164. The van der Waals surface area contributed by atoms with E-state index in [4.69, 9.17) is 5.73 Å². The Morgan fingerprint density at radius 3 is 2.38 bits per heavy atom. The minimum Gasteiger partial charge on any atom is -0.370 e. The zero-order chi connectivity index (χ0) is 22.7. The van der Waals surface area contributed by atoms with Crippen LogP contribution in [0.3, 0.4) is 0 Å². The first kappa shape index (κ1) is 21.6. The molecular formula is C22H29FN4O4S. The van der Waals surface area contributed by atoms with Crippen LogP contribution in [0.4, 0.5) is 10.1 Å². The highest BCUT2D eigenvalue weighted by molar-refractivity contribution is 7.90. The van der Waals surface area contributed by atoms with Crippen LogP contribution in [0.5, 0.6) is 0 Å². The molecule has 6 rings (SSSR count). The average Bonchev–Trinajstić information content (AvgIpc) is 2.98. The minimum atomic E-state index is -3.84. The van der Waals surface area contributed by atoms with Crippen molar-refractivity contribution in [2.24, 2.45) is 28.9 Å². The van der Waals surface area contributed by atoms with E-state index in [0.29, 0.717) is 29.9 Å². The molecule has 0 spiro atoms. The molecule has 4 aliphatic carbocycles. The Morgan fingerprint density at radius 2 is 1.75 bits per heavy atom. The second-order valence-corrected chi connectivity index (χ2v) is 11.9. The predicted octanol–water partition coefficient (Wildman–Crippen LogP) is 1.38. The topological polar surface area (TPSA) is 113 Å². The van der Waals surface area contributed by atoms with Crippen LogP contribution < -0.4 is 15.4 Å². The molecule has 0 radical (unpaired) electrons. The highest BCUT2D eigenvalue weighted by Gasteiger charge is 2.56. The number of carbonyl (C=O) groups excluding carboxylic acids is 2. The van der Waals surface area contributed by atoms with Crippen molar-refractivity contribution >= 4 is 27.7 Å². The largest absolute Gasteiger partial charge is 0.370 e. The van der Waals surface area contributed by atoms with Gasteiger partial charge in [0.1, 0.15) is 5.82 Å². The van der Waals surface area contributed by atoms with Crippen molar-refractivity contribution in [1.29, 1.82) is 0 Å². The summed E-state index contributed by atoms with van der Waals surface area (Å²) in [5.41, 5.74) is 5.88. The standard InChI is InChI=1S/C22H29FN4O4S/c23-17-1-3-18(4-2-17)27-6-5-26(32(27,30)31)13-20(29)25-21-15-7-14-8-16(21)11-22(9-14,10-15)12-19(24)28/h1-4,14-16,21H,5-13H2,(H2,24,28)(H,25,29). The van der Waals surface area contributed by atoms with Gasteiger partial charge in [-0.05, 0) is 79.5 Å². The van der Waals surface area contributed by atoms with Crippen LogP contribution in [0, 0.1) is 29.0 Å². The molecule has 4 saturated carbocycles. The number of halogens is 1. The van der Waals surface area contributed by atoms with E-state index in [1.54, 1.807) is 0 Å². The van der Waals surface area contributed by atoms with E-state index in [9.17, 15) is 22.4 Å². The first-order chi connectivity index (χ1) is 15.1. The first-order valence-corrected chi connectivity index (χ1v) is 12.7. The zero-order valence-electron chi connectivity index (χ0n) is 17.9. The third kappa shape index (κ3) is 3.77. The number of nitrogens with zero attached hydrogens (tertiary/aromatic N) is 2. The Balaban J connectivity index is 1.23. The van der Waals surface area contributed by atoms with Gasteiger partial charge in [-0.1, -0.05) is 0 Å². The number of carbonyl (C=O) groups is 2. The van der Waals surface area contributed by atoms with Gasteiger partial charge < -0.3 is 11.1 Å². The molecule has 0 aromatic heterocycles. The van der Waals surface area contributed by atoms with Gasteiger partial charge in [0.2, 0.25) is 11.8 Å². The van der Waals surface area contributed by atoms with Gasteiger partial charge in [-0.3, -0.25) is 13.9 Å². The monoisotopic (exact) mass is 464 g/mol. The molecule has 1 heterocycles. The SMILES string of the molecule is NC(=O)CC12CC3CC(C1)C(NC(=O)CN1CCN(c4ccc(F)cc4)S1(=O)=O)C(C3)C2. The predicted molar refractivity (Wildman–Crippen MR) is 116 cm³/mol. The van der Waals surface area contributed by atoms with E-state index in [1.807, 2.05) is 0 Å². The van der Waals surface area contributed by atoms with E-state index in [0.717, 1.165) is 32.1 Å². The second-order valence-electron chi connectivity index (χ2n) is 10.1. The number of anilines is 1. The molecule has 2 unspecified atom stereocenters. The molecule has 1 aromatic carbocycles. The Kier molecular flexibility index (Phi) is 5.20. The average molecular weight is 465 g/mol. The number of nitrogens with one attached hydrogen (secondary N) is 1. The summed E-state index contributed by atoms with van der Waals surface area (Å²) in [6, 6.07) is 5.31. The second kappa shape index (κ2) is 7.69. The quantitative estimate of drug-likeness (QED) is 0.662. The fourth-order valence-corrected chi connectivity index (χ4v) is 8.58. The molecule has 3 N–H and O–H groups in total. The van der Waals surface area contributed by atoms with Crippen LogP contribution in [0.2, 0.25) is 0 Å². The van der Waals surface area contributed by atoms with E-state index in [2.05, 4.69) is 5.32 Å². The number of nitrogens with two attached hydrogens (primary N) is 1. The van der Waals surface area contributed by atoms with Gasteiger partial charge in [-0.2, -0.15) is 12.7 Å². The maximum Gasteiger partial charge on any atom is 0.304 e. The lowest BCUT2D eigenvalue weighted by Crippen LogP contribution is -2.60. The number of rotatable bonds is 6. The fraction of sp³-hybridized carbons (Fsp3) is 0.636. The molecule has 4 bridgehead atoms. The van der Waals surface area contributed by atoms with Crippen molar-refractivity contribution in [3.05, 3.63) is 30.1 Å². The summed E-state index contributed by atoms with van der Waals surface area (Å²) in [7, 11) is -3.84. The van der Waals surface area contributed by atoms with Crippen LogP contribution in [0.15, 0.2) is 24.3 Å². The smallest absolute Gasteiger partial charge is 0.304 e. The third-order valence-electron chi connectivity index (χ3n) is 7.87. The summed E-state index contributed by atoms with van der Waals surface area (Å²) >= 11 is 0. The lowest BCUT2D eigenvalue weighted by atomic mass is 9.47.